The Morgan fingerprint density at radius 1 is 1.03 bits per heavy atom. The third-order valence-corrected chi connectivity index (χ3v) is 15.5. The lowest BCUT2D eigenvalue weighted by Crippen LogP contribution is -2.47. The number of morpholine rings is 1. The molecular formula is C53H62F3N7O8S. The molecule has 0 saturated carbocycles. The first kappa shape index (κ1) is 52.0. The Hall–Kier alpha value is -6.31. The van der Waals surface area contributed by atoms with Gasteiger partial charge in [0, 0.05) is 87.7 Å². The maximum absolute atomic E-state index is 14.1. The van der Waals surface area contributed by atoms with Crippen LogP contribution in [-0.4, -0.2) is 116 Å². The van der Waals surface area contributed by atoms with E-state index in [9.17, 15) is 41.3 Å². The number of rotatable bonds is 17. The highest BCUT2D eigenvalue weighted by Gasteiger charge is 2.34. The number of piperazine rings is 1. The molecule has 3 aromatic carbocycles. The molecule has 1 unspecified atom stereocenters. The minimum absolute atomic E-state index is 0.000185. The van der Waals surface area contributed by atoms with Crippen LogP contribution in [0.5, 0.6) is 11.5 Å². The lowest BCUT2D eigenvalue weighted by molar-refractivity contribution is -0.384. The van der Waals surface area contributed by atoms with E-state index in [-0.39, 0.29) is 45.2 Å². The maximum Gasteiger partial charge on any atom is 0.416 e. The molecule has 0 radical (unpaired) electrons. The number of ether oxygens (including phenoxy) is 2. The van der Waals surface area contributed by atoms with Crippen molar-refractivity contribution in [1.82, 2.24) is 19.8 Å². The van der Waals surface area contributed by atoms with Crippen molar-refractivity contribution in [2.45, 2.75) is 83.9 Å². The number of nitrogens with one attached hydrogen (secondary N) is 2. The second kappa shape index (κ2) is 21.4. The van der Waals surface area contributed by atoms with Crippen molar-refractivity contribution in [3.63, 3.8) is 0 Å². The topological polar surface area (TPSA) is 180 Å². The van der Waals surface area contributed by atoms with Crippen LogP contribution in [0, 0.1) is 28.4 Å². The van der Waals surface area contributed by atoms with E-state index in [4.69, 9.17) is 9.47 Å². The monoisotopic (exact) mass is 1010 g/mol. The number of carbonyl (C=O) groups is 2. The number of Topliss-reactive ketones (excluding diaryl/α,β-unsaturated/α-hetero) is 1. The van der Waals surface area contributed by atoms with E-state index in [1.165, 1.54) is 42.1 Å². The van der Waals surface area contributed by atoms with Crippen molar-refractivity contribution in [3.05, 3.63) is 117 Å². The maximum atomic E-state index is 14.1. The van der Waals surface area contributed by atoms with Gasteiger partial charge in [-0.2, -0.15) is 13.2 Å². The number of benzene rings is 3. The minimum Gasteiger partial charge on any atom is -0.455 e. The average Bonchev–Trinajstić information content (AvgIpc) is 3.81. The summed E-state index contributed by atoms with van der Waals surface area (Å²) in [5, 5.41) is 16.0. The van der Waals surface area contributed by atoms with Gasteiger partial charge in [-0.05, 0) is 110 Å². The first-order valence-corrected chi connectivity index (χ1v) is 26.1. The predicted octanol–water partition coefficient (Wildman–Crippen LogP) is 10.1. The SMILES string of the molecule is Cc1cc(C(F)(F)F)ccc1C1=C(CN2CCN(c3ccc(C(=O)CS(=O)(=O)c4ccc(NCCCC5CN(C(=O)C(C)C)CCO5)c([N+](=O)[O-])c4)c(Oc4cnc5[nH]ccc5c4)c3)CC2)CCC(C)(C)C1. The first-order valence-electron chi connectivity index (χ1n) is 24.4. The van der Waals surface area contributed by atoms with Crippen LogP contribution in [0.4, 0.5) is 30.2 Å². The van der Waals surface area contributed by atoms with E-state index < -0.39 is 43.7 Å². The van der Waals surface area contributed by atoms with Gasteiger partial charge in [0.15, 0.2) is 15.6 Å². The smallest absolute Gasteiger partial charge is 0.416 e. The number of hydrogen-bond acceptors (Lipinski definition) is 12. The van der Waals surface area contributed by atoms with E-state index in [1.54, 1.807) is 42.3 Å². The summed E-state index contributed by atoms with van der Waals surface area (Å²) in [7, 11) is -4.40. The number of sulfone groups is 1. The number of aromatic nitrogens is 2. The van der Waals surface area contributed by atoms with Crippen LogP contribution in [0.15, 0.2) is 89.6 Å². The summed E-state index contributed by atoms with van der Waals surface area (Å²) < 4.78 is 80.8. The fourth-order valence-electron chi connectivity index (χ4n) is 9.88. The fraction of sp³-hybridized carbons (Fsp3) is 0.453. The molecule has 1 atom stereocenters. The Labute approximate surface area is 417 Å². The summed E-state index contributed by atoms with van der Waals surface area (Å²) in [6.07, 6.45) is 2.41. The van der Waals surface area contributed by atoms with Gasteiger partial charge in [0.2, 0.25) is 5.91 Å². The van der Waals surface area contributed by atoms with Crippen molar-refractivity contribution >= 4 is 55.2 Å². The molecule has 2 N–H and O–H groups in total. The standard InChI is InChI=1S/C53H62F3N7O8S/c1-34(2)51(65)62-23-24-70-40(32-62)7-6-17-57-46-13-10-42(28-47(46)63(66)67)72(68,69)33-48(64)44-12-9-39(27-49(44)71-41-26-36-15-18-58-50(36)59-30-41)61-21-19-60(20-22-61)31-37-14-16-52(4,5)29-45(37)43-11-8-38(25-35(43)3)53(54,55)56/h8-13,15,18,25-28,30,34,40,57H,6-7,14,16-17,19-24,29,31-33H2,1-5H3,(H,58,59). The molecule has 2 saturated heterocycles. The zero-order chi connectivity index (χ0) is 51.5. The number of pyridine rings is 1. The second-order valence-corrected chi connectivity index (χ2v) is 22.2. The van der Waals surface area contributed by atoms with Gasteiger partial charge in [0.1, 0.15) is 28.6 Å². The Bertz CT molecular complexity index is 2980. The van der Waals surface area contributed by atoms with Crippen LogP contribution in [0.25, 0.3) is 16.6 Å². The van der Waals surface area contributed by atoms with Crippen LogP contribution in [-0.2, 0) is 25.5 Å². The molecule has 5 aromatic rings. The number of allylic oxidation sites excluding steroid dienone is 1. The molecule has 384 valence electrons. The molecule has 3 aliphatic rings. The molecule has 2 fully saturated rings. The lowest BCUT2D eigenvalue weighted by Gasteiger charge is -2.39. The van der Waals surface area contributed by atoms with Gasteiger partial charge in [-0.15, -0.1) is 0 Å². The molecule has 4 heterocycles. The number of carbonyl (C=O) groups excluding carboxylic acids is 2. The number of nitro benzene ring substituents is 1. The number of ketones is 1. The molecule has 15 nitrogen and oxygen atoms in total. The van der Waals surface area contributed by atoms with Crippen molar-refractivity contribution in [3.8, 4) is 11.5 Å². The number of alkyl halides is 3. The van der Waals surface area contributed by atoms with Crippen molar-refractivity contribution < 1.29 is 45.6 Å². The number of H-pyrrole nitrogens is 1. The van der Waals surface area contributed by atoms with Crippen LogP contribution in [0.3, 0.4) is 0 Å². The number of halogens is 3. The van der Waals surface area contributed by atoms with Gasteiger partial charge in [-0.1, -0.05) is 39.3 Å². The molecule has 2 aromatic heterocycles. The molecule has 19 heteroatoms. The fourth-order valence-corrected chi connectivity index (χ4v) is 11.1. The Kier molecular flexibility index (Phi) is 15.5. The third-order valence-electron chi connectivity index (χ3n) is 13.9. The number of nitrogens with zero attached hydrogens (tertiary/aromatic N) is 5. The summed E-state index contributed by atoms with van der Waals surface area (Å²) in [5.74, 6) is -1.39. The van der Waals surface area contributed by atoms with Gasteiger partial charge in [0.05, 0.1) is 39.9 Å². The summed E-state index contributed by atoms with van der Waals surface area (Å²) in [4.78, 5) is 51.6. The number of amides is 1. The van der Waals surface area contributed by atoms with Crippen LogP contribution >= 0.6 is 0 Å². The van der Waals surface area contributed by atoms with Crippen molar-refractivity contribution in [2.75, 3.05) is 74.9 Å². The van der Waals surface area contributed by atoms with E-state index in [1.807, 2.05) is 19.9 Å². The van der Waals surface area contributed by atoms with Gasteiger partial charge >= 0.3 is 6.18 Å². The normalized spacial score (nSPS) is 17.9. The molecule has 0 spiro atoms. The minimum atomic E-state index is -4.42. The van der Waals surface area contributed by atoms with Gasteiger partial charge < -0.3 is 29.6 Å². The zero-order valence-corrected chi connectivity index (χ0v) is 42.1. The summed E-state index contributed by atoms with van der Waals surface area (Å²) >= 11 is 0. The first-order chi connectivity index (χ1) is 34.1. The highest BCUT2D eigenvalue weighted by Crippen LogP contribution is 2.45. The number of aromatic amines is 1. The molecular weight excluding hydrogens is 952 g/mol. The van der Waals surface area contributed by atoms with E-state index >= 15 is 0 Å². The van der Waals surface area contributed by atoms with Gasteiger partial charge in [-0.25, -0.2) is 13.4 Å². The van der Waals surface area contributed by atoms with E-state index in [2.05, 4.69) is 38.9 Å². The Morgan fingerprint density at radius 2 is 1.81 bits per heavy atom. The summed E-state index contributed by atoms with van der Waals surface area (Å²) in [5.41, 5.74) is 4.21. The lowest BCUT2D eigenvalue weighted by atomic mass is 9.72. The third kappa shape index (κ3) is 12.3. The summed E-state index contributed by atoms with van der Waals surface area (Å²) in [6.45, 7) is 14.9. The highest BCUT2D eigenvalue weighted by atomic mass is 32.2. The van der Waals surface area contributed by atoms with Gasteiger partial charge in [0.25, 0.3) is 5.69 Å². The van der Waals surface area contributed by atoms with Crippen molar-refractivity contribution in [2.24, 2.45) is 11.3 Å². The van der Waals surface area contributed by atoms with Crippen LogP contribution < -0.4 is 15.0 Å². The van der Waals surface area contributed by atoms with E-state index in [0.717, 1.165) is 47.5 Å². The van der Waals surface area contributed by atoms with Crippen LogP contribution in [0.2, 0.25) is 0 Å². The van der Waals surface area contributed by atoms with Crippen LogP contribution in [0.1, 0.15) is 86.8 Å². The van der Waals surface area contributed by atoms with Gasteiger partial charge in [-0.3, -0.25) is 24.6 Å². The molecule has 1 aliphatic carbocycles. The largest absolute Gasteiger partial charge is 0.455 e. The van der Waals surface area contributed by atoms with E-state index in [0.29, 0.717) is 88.8 Å². The Balaban J connectivity index is 0.961. The number of aryl methyl sites for hydroxylation is 1. The number of anilines is 2. The predicted molar refractivity (Wildman–Crippen MR) is 270 cm³/mol. The number of nitro groups is 1. The number of hydrogen-bond donors (Lipinski definition) is 2. The van der Waals surface area contributed by atoms with Crippen molar-refractivity contribution in [1.29, 1.82) is 0 Å². The highest BCUT2D eigenvalue weighted by molar-refractivity contribution is 7.92. The molecule has 0 bridgehead atoms. The quantitative estimate of drug-likeness (QED) is 0.0390. The summed E-state index contributed by atoms with van der Waals surface area (Å²) in [6, 6.07) is 16.1. The Morgan fingerprint density at radius 3 is 2.53 bits per heavy atom. The average molecular weight is 1010 g/mol. The zero-order valence-electron chi connectivity index (χ0n) is 41.3. The molecule has 8 rings (SSSR count). The molecule has 72 heavy (non-hydrogen) atoms. The second-order valence-electron chi connectivity index (χ2n) is 20.2. The molecule has 1 amide bonds. The number of fused-ring (bicyclic) bond motifs is 1. The molecule has 2 aliphatic heterocycles.